The van der Waals surface area contributed by atoms with E-state index in [-0.39, 0.29) is 18.4 Å². The number of halogens is 1. The van der Waals surface area contributed by atoms with Gasteiger partial charge in [0.15, 0.2) is 0 Å². The van der Waals surface area contributed by atoms with Crippen molar-refractivity contribution in [3.05, 3.63) is 46.5 Å². The second-order valence-electron chi connectivity index (χ2n) is 7.06. The van der Waals surface area contributed by atoms with Crippen LogP contribution in [0.15, 0.2) is 35.9 Å². The van der Waals surface area contributed by atoms with Crippen molar-refractivity contribution in [2.75, 3.05) is 53.4 Å². The minimum Gasteiger partial charge on any atom is -0.488 e. The highest BCUT2D eigenvalue weighted by atomic mass is 35.5. The Kier molecular flexibility index (Phi) is 6.19. The molecule has 0 aliphatic carbocycles. The van der Waals surface area contributed by atoms with Gasteiger partial charge in [0.25, 0.3) is 0 Å². The highest BCUT2D eigenvalue weighted by Gasteiger charge is 2.23. The topological polar surface area (TPSA) is 54.3 Å². The van der Waals surface area contributed by atoms with Crippen molar-refractivity contribution in [2.24, 2.45) is 0 Å². The van der Waals surface area contributed by atoms with E-state index in [0.29, 0.717) is 11.6 Å². The Hall–Kier alpha value is -2.31. The SMILES string of the molecule is CN(CC(=O)N1CC[NH+](C)CC1)C(=O)/C=C/C1=Cc2cc(Cl)ccc2OC1. The number of carbonyl (C=O) groups excluding carboxylic acids is 2. The lowest BCUT2D eigenvalue weighted by Crippen LogP contribution is -3.12. The summed E-state index contributed by atoms with van der Waals surface area (Å²) < 4.78 is 5.67. The second-order valence-corrected chi connectivity index (χ2v) is 7.49. The molecule has 1 N–H and O–H groups in total. The molecule has 27 heavy (non-hydrogen) atoms. The van der Waals surface area contributed by atoms with Gasteiger partial charge in [-0.2, -0.15) is 0 Å². The third-order valence-corrected chi connectivity index (χ3v) is 5.10. The number of piperazine rings is 1. The van der Waals surface area contributed by atoms with Crippen molar-refractivity contribution in [2.45, 2.75) is 0 Å². The van der Waals surface area contributed by atoms with E-state index in [9.17, 15) is 9.59 Å². The molecule has 0 atom stereocenters. The summed E-state index contributed by atoms with van der Waals surface area (Å²) in [5.74, 6) is 0.566. The molecule has 0 saturated carbocycles. The number of carbonyl (C=O) groups is 2. The van der Waals surface area contributed by atoms with Gasteiger partial charge in [-0.05, 0) is 29.8 Å². The maximum Gasteiger partial charge on any atom is 0.246 e. The Morgan fingerprint density at radius 1 is 1.33 bits per heavy atom. The number of amides is 2. The lowest BCUT2D eigenvalue weighted by Gasteiger charge is -2.31. The molecule has 0 radical (unpaired) electrons. The molecule has 6 nitrogen and oxygen atoms in total. The minimum atomic E-state index is -0.208. The zero-order chi connectivity index (χ0) is 19.4. The number of hydrogen-bond donors (Lipinski definition) is 1. The zero-order valence-corrected chi connectivity index (χ0v) is 16.5. The average molecular weight is 391 g/mol. The summed E-state index contributed by atoms with van der Waals surface area (Å²) in [6.07, 6.45) is 5.16. The van der Waals surface area contributed by atoms with E-state index in [2.05, 4.69) is 7.05 Å². The van der Waals surface area contributed by atoms with Crippen molar-refractivity contribution < 1.29 is 19.2 Å². The number of fused-ring (bicyclic) bond motifs is 1. The molecule has 1 aromatic rings. The molecular weight excluding hydrogens is 366 g/mol. The third-order valence-electron chi connectivity index (χ3n) is 4.87. The molecule has 3 rings (SSSR count). The number of likely N-dealkylation sites (N-methyl/N-ethyl adjacent to an activating group) is 2. The average Bonchev–Trinajstić information content (AvgIpc) is 2.66. The molecule has 1 aromatic carbocycles. The highest BCUT2D eigenvalue weighted by Crippen LogP contribution is 2.29. The Morgan fingerprint density at radius 3 is 2.81 bits per heavy atom. The molecule has 2 aliphatic heterocycles. The summed E-state index contributed by atoms with van der Waals surface area (Å²) in [6, 6.07) is 5.44. The summed E-state index contributed by atoms with van der Waals surface area (Å²) in [4.78, 5) is 29.4. The first-order valence-electron chi connectivity index (χ1n) is 9.07. The molecule has 1 fully saturated rings. The predicted molar refractivity (Wildman–Crippen MR) is 105 cm³/mol. The first-order valence-corrected chi connectivity index (χ1v) is 9.45. The van der Waals surface area contributed by atoms with E-state index >= 15 is 0 Å². The van der Waals surface area contributed by atoms with Crippen LogP contribution in [0.4, 0.5) is 0 Å². The molecular formula is C20H25ClN3O3+. The van der Waals surface area contributed by atoms with Crippen LogP contribution >= 0.6 is 11.6 Å². The fourth-order valence-corrected chi connectivity index (χ4v) is 3.27. The first-order chi connectivity index (χ1) is 12.9. The van der Waals surface area contributed by atoms with Crippen LogP contribution < -0.4 is 9.64 Å². The number of quaternary nitrogens is 1. The first kappa shape index (κ1) is 19.5. The van der Waals surface area contributed by atoms with Gasteiger partial charge in [0.2, 0.25) is 11.8 Å². The molecule has 0 spiro atoms. The maximum atomic E-state index is 12.3. The van der Waals surface area contributed by atoms with E-state index in [0.717, 1.165) is 43.1 Å². The van der Waals surface area contributed by atoms with Gasteiger partial charge >= 0.3 is 0 Å². The van der Waals surface area contributed by atoms with Crippen LogP contribution in [0.2, 0.25) is 5.02 Å². The van der Waals surface area contributed by atoms with Gasteiger partial charge in [0.05, 0.1) is 39.8 Å². The summed E-state index contributed by atoms with van der Waals surface area (Å²) in [5, 5.41) is 0.638. The quantitative estimate of drug-likeness (QED) is 0.761. The van der Waals surface area contributed by atoms with Crippen LogP contribution in [0.1, 0.15) is 5.56 Å². The van der Waals surface area contributed by atoms with Crippen molar-refractivity contribution in [3.8, 4) is 5.75 Å². The van der Waals surface area contributed by atoms with Crippen molar-refractivity contribution >= 4 is 29.5 Å². The predicted octanol–water partition coefficient (Wildman–Crippen LogP) is 0.487. The van der Waals surface area contributed by atoms with Crippen LogP contribution in [-0.4, -0.2) is 75.0 Å². The van der Waals surface area contributed by atoms with Crippen LogP contribution in [-0.2, 0) is 9.59 Å². The van der Waals surface area contributed by atoms with E-state index < -0.39 is 0 Å². The Bertz CT molecular complexity index is 783. The summed E-state index contributed by atoms with van der Waals surface area (Å²) in [5.41, 5.74) is 1.77. The summed E-state index contributed by atoms with van der Waals surface area (Å²) in [6.45, 7) is 3.87. The molecule has 2 heterocycles. The monoisotopic (exact) mass is 390 g/mol. The minimum absolute atomic E-state index is 0.00413. The van der Waals surface area contributed by atoms with Crippen molar-refractivity contribution in [3.63, 3.8) is 0 Å². The third kappa shape index (κ3) is 5.11. The highest BCUT2D eigenvalue weighted by molar-refractivity contribution is 6.30. The Labute approximate surface area is 164 Å². The number of nitrogens with one attached hydrogen (secondary N) is 1. The van der Waals surface area contributed by atoms with Gasteiger partial charge < -0.3 is 19.4 Å². The van der Waals surface area contributed by atoms with Gasteiger partial charge in [-0.15, -0.1) is 0 Å². The number of benzene rings is 1. The van der Waals surface area contributed by atoms with E-state index in [4.69, 9.17) is 16.3 Å². The molecule has 0 aromatic heterocycles. The number of rotatable bonds is 4. The molecule has 2 amide bonds. The normalized spacial score (nSPS) is 17.3. The van der Waals surface area contributed by atoms with Crippen LogP contribution in [0, 0.1) is 0 Å². The van der Waals surface area contributed by atoms with Gasteiger partial charge in [0.1, 0.15) is 12.4 Å². The summed E-state index contributed by atoms with van der Waals surface area (Å²) >= 11 is 6.01. The number of hydrogen-bond acceptors (Lipinski definition) is 3. The van der Waals surface area contributed by atoms with Gasteiger partial charge in [-0.3, -0.25) is 9.59 Å². The van der Waals surface area contributed by atoms with Crippen LogP contribution in [0.3, 0.4) is 0 Å². The Balaban J connectivity index is 1.56. The molecule has 0 unspecified atom stereocenters. The standard InChI is InChI=1S/C20H24ClN3O3/c1-22-7-9-24(10-8-22)20(26)13-23(2)19(25)6-3-15-11-16-12-17(21)4-5-18(16)27-14-15/h3-6,11-12H,7-10,13-14H2,1-2H3/p+1/b6-3+. The lowest BCUT2D eigenvalue weighted by atomic mass is 10.1. The van der Waals surface area contributed by atoms with Crippen LogP contribution in [0.25, 0.3) is 6.08 Å². The Morgan fingerprint density at radius 2 is 2.07 bits per heavy atom. The fraction of sp³-hybridized carbons (Fsp3) is 0.400. The van der Waals surface area contributed by atoms with Gasteiger partial charge in [-0.25, -0.2) is 0 Å². The molecule has 144 valence electrons. The molecule has 1 saturated heterocycles. The number of nitrogens with zero attached hydrogens (tertiary/aromatic N) is 2. The lowest BCUT2D eigenvalue weighted by molar-refractivity contribution is -0.883. The maximum absolute atomic E-state index is 12.3. The molecule has 2 aliphatic rings. The van der Waals surface area contributed by atoms with E-state index in [1.54, 1.807) is 19.2 Å². The largest absolute Gasteiger partial charge is 0.488 e. The molecule has 0 bridgehead atoms. The van der Waals surface area contributed by atoms with Gasteiger partial charge in [0, 0.05) is 23.7 Å². The van der Waals surface area contributed by atoms with E-state index in [1.807, 2.05) is 23.1 Å². The summed E-state index contributed by atoms with van der Waals surface area (Å²) in [7, 11) is 3.77. The smallest absolute Gasteiger partial charge is 0.246 e. The van der Waals surface area contributed by atoms with Crippen molar-refractivity contribution in [1.29, 1.82) is 0 Å². The fourth-order valence-electron chi connectivity index (χ4n) is 3.09. The van der Waals surface area contributed by atoms with Crippen molar-refractivity contribution in [1.82, 2.24) is 9.80 Å². The zero-order valence-electron chi connectivity index (χ0n) is 15.7. The van der Waals surface area contributed by atoms with Crippen LogP contribution in [0.5, 0.6) is 5.75 Å². The van der Waals surface area contributed by atoms with E-state index in [1.165, 1.54) is 15.9 Å². The molecule has 7 heteroatoms. The number of ether oxygens (including phenoxy) is 1. The second kappa shape index (κ2) is 8.59. The van der Waals surface area contributed by atoms with Gasteiger partial charge in [-0.1, -0.05) is 17.7 Å².